The minimum atomic E-state index is -1.15. The highest BCUT2D eigenvalue weighted by Gasteiger charge is 2.36. The van der Waals surface area contributed by atoms with E-state index < -0.39 is 11.5 Å². The molecular formula is C12H23NO3S. The molecule has 100 valence electrons. The number of carbonyl (C=O) groups is 2. The average Bonchev–Trinajstić information content (AvgIpc) is 2.14. The lowest BCUT2D eigenvalue weighted by Gasteiger charge is -2.34. The van der Waals surface area contributed by atoms with Gasteiger partial charge >= 0.3 is 5.97 Å². The molecule has 0 aromatic rings. The first-order chi connectivity index (χ1) is 7.52. The fourth-order valence-corrected chi connectivity index (χ4v) is 2.07. The molecule has 0 saturated carbocycles. The largest absolute Gasteiger partial charge is 0.480 e. The zero-order valence-corrected chi connectivity index (χ0v) is 12.3. The van der Waals surface area contributed by atoms with Crippen molar-refractivity contribution in [2.75, 3.05) is 12.3 Å². The van der Waals surface area contributed by atoms with Gasteiger partial charge in [-0.3, -0.25) is 4.79 Å². The molecule has 1 N–H and O–H groups in total. The van der Waals surface area contributed by atoms with Crippen molar-refractivity contribution in [1.82, 2.24) is 4.90 Å². The molecule has 17 heavy (non-hydrogen) atoms. The van der Waals surface area contributed by atoms with Gasteiger partial charge in [-0.15, -0.1) is 11.8 Å². The minimum Gasteiger partial charge on any atom is -0.480 e. The van der Waals surface area contributed by atoms with E-state index in [4.69, 9.17) is 5.11 Å². The maximum atomic E-state index is 12.0. The molecule has 0 aliphatic rings. The first-order valence-electron chi connectivity index (χ1n) is 5.70. The van der Waals surface area contributed by atoms with Gasteiger partial charge in [0.05, 0.1) is 5.75 Å². The maximum Gasteiger partial charge on any atom is 0.329 e. The van der Waals surface area contributed by atoms with Crippen molar-refractivity contribution in [2.24, 2.45) is 0 Å². The van der Waals surface area contributed by atoms with Crippen LogP contribution >= 0.6 is 11.8 Å². The summed E-state index contributed by atoms with van der Waals surface area (Å²) in [4.78, 5) is 24.6. The van der Waals surface area contributed by atoms with E-state index in [9.17, 15) is 9.59 Å². The van der Waals surface area contributed by atoms with Gasteiger partial charge in [-0.05, 0) is 20.8 Å². The van der Waals surface area contributed by atoms with Crippen LogP contribution in [-0.4, -0.2) is 44.5 Å². The lowest BCUT2D eigenvalue weighted by molar-refractivity contribution is -0.155. The monoisotopic (exact) mass is 261 g/mol. The average molecular weight is 261 g/mol. The Balaban J connectivity index is 4.68. The van der Waals surface area contributed by atoms with E-state index in [0.717, 1.165) is 0 Å². The molecule has 0 radical (unpaired) electrons. The summed E-state index contributed by atoms with van der Waals surface area (Å²) in [7, 11) is 0. The standard InChI is InChI=1S/C12H23NO3S/c1-7-13(12(5,6)10(15)16)9(14)8-17-11(2,3)4/h7-8H2,1-6H3,(H,15,16). The van der Waals surface area contributed by atoms with E-state index in [-0.39, 0.29) is 10.7 Å². The number of likely N-dealkylation sites (N-methyl/N-ethyl adjacent to an activating group) is 1. The van der Waals surface area contributed by atoms with Gasteiger partial charge in [0.15, 0.2) is 0 Å². The van der Waals surface area contributed by atoms with Gasteiger partial charge in [0.25, 0.3) is 0 Å². The van der Waals surface area contributed by atoms with E-state index in [1.807, 2.05) is 20.8 Å². The summed E-state index contributed by atoms with van der Waals surface area (Å²) in [5, 5.41) is 9.12. The van der Waals surface area contributed by atoms with Crippen molar-refractivity contribution in [3.63, 3.8) is 0 Å². The predicted molar refractivity (Wildman–Crippen MR) is 71.3 cm³/mol. The fourth-order valence-electron chi connectivity index (χ4n) is 1.36. The molecule has 0 saturated heterocycles. The summed E-state index contributed by atoms with van der Waals surface area (Å²) in [5.74, 6) is -0.790. The number of hydrogen-bond donors (Lipinski definition) is 1. The van der Waals surface area contributed by atoms with Crippen molar-refractivity contribution in [3.8, 4) is 0 Å². The van der Waals surface area contributed by atoms with Crippen molar-refractivity contribution >= 4 is 23.6 Å². The summed E-state index contributed by atoms with van der Waals surface area (Å²) < 4.78 is 0.00242. The number of aliphatic carboxylic acids is 1. The minimum absolute atomic E-state index is 0.00242. The Morgan fingerprint density at radius 1 is 1.18 bits per heavy atom. The third-order valence-electron chi connectivity index (χ3n) is 2.44. The molecule has 0 atom stereocenters. The molecule has 0 aromatic heterocycles. The van der Waals surface area contributed by atoms with E-state index in [0.29, 0.717) is 12.3 Å². The predicted octanol–water partition coefficient (Wildman–Crippen LogP) is 2.23. The van der Waals surface area contributed by atoms with Gasteiger partial charge in [0.2, 0.25) is 5.91 Å². The van der Waals surface area contributed by atoms with E-state index in [2.05, 4.69) is 0 Å². The highest BCUT2D eigenvalue weighted by atomic mass is 32.2. The van der Waals surface area contributed by atoms with Gasteiger partial charge in [-0.1, -0.05) is 20.8 Å². The van der Waals surface area contributed by atoms with Crippen molar-refractivity contribution in [3.05, 3.63) is 0 Å². The van der Waals surface area contributed by atoms with Gasteiger partial charge < -0.3 is 10.0 Å². The normalized spacial score (nSPS) is 12.4. The number of carboxylic acid groups (broad SMARTS) is 1. The number of amides is 1. The Morgan fingerprint density at radius 3 is 1.94 bits per heavy atom. The van der Waals surface area contributed by atoms with Crippen molar-refractivity contribution < 1.29 is 14.7 Å². The van der Waals surface area contributed by atoms with Crippen LogP contribution in [0, 0.1) is 0 Å². The lowest BCUT2D eigenvalue weighted by atomic mass is 10.0. The summed E-state index contributed by atoms with van der Waals surface area (Å²) in [6, 6.07) is 0. The van der Waals surface area contributed by atoms with Crippen LogP contribution < -0.4 is 0 Å². The highest BCUT2D eigenvalue weighted by Crippen LogP contribution is 2.25. The molecule has 0 aliphatic heterocycles. The Morgan fingerprint density at radius 2 is 1.65 bits per heavy atom. The molecule has 0 unspecified atom stereocenters. The Labute approximate surface area is 108 Å². The third kappa shape index (κ3) is 4.98. The molecule has 0 aliphatic carbocycles. The van der Waals surface area contributed by atoms with Crippen LogP contribution in [0.25, 0.3) is 0 Å². The third-order valence-corrected chi connectivity index (χ3v) is 3.70. The number of carbonyl (C=O) groups excluding carboxylic acids is 1. The second kappa shape index (κ2) is 5.76. The molecule has 5 heteroatoms. The maximum absolute atomic E-state index is 12.0. The van der Waals surface area contributed by atoms with E-state index in [1.165, 1.54) is 16.7 Å². The van der Waals surface area contributed by atoms with Gasteiger partial charge in [-0.25, -0.2) is 4.79 Å². The van der Waals surface area contributed by atoms with Crippen molar-refractivity contribution in [1.29, 1.82) is 0 Å². The summed E-state index contributed by atoms with van der Waals surface area (Å²) in [6.45, 7) is 11.4. The van der Waals surface area contributed by atoms with E-state index in [1.54, 1.807) is 20.8 Å². The highest BCUT2D eigenvalue weighted by molar-refractivity contribution is 8.01. The zero-order valence-electron chi connectivity index (χ0n) is 11.5. The number of rotatable bonds is 5. The number of hydrogen-bond acceptors (Lipinski definition) is 3. The second-order valence-corrected chi connectivity index (χ2v) is 7.21. The molecule has 0 rings (SSSR count). The molecule has 4 nitrogen and oxygen atoms in total. The molecule has 1 amide bonds. The second-order valence-electron chi connectivity index (χ2n) is 5.40. The van der Waals surface area contributed by atoms with Crippen molar-refractivity contribution in [2.45, 2.75) is 51.8 Å². The summed E-state index contributed by atoms with van der Waals surface area (Å²) in [5.41, 5.74) is -1.15. The van der Waals surface area contributed by atoms with E-state index >= 15 is 0 Å². The fraction of sp³-hybridized carbons (Fsp3) is 0.833. The Bertz CT molecular complexity index is 295. The quantitative estimate of drug-likeness (QED) is 0.824. The molecular weight excluding hydrogens is 238 g/mol. The molecule has 0 fully saturated rings. The Kier molecular flexibility index (Phi) is 5.52. The van der Waals surface area contributed by atoms with Crippen LogP contribution in [-0.2, 0) is 9.59 Å². The number of carboxylic acids is 1. The molecule has 0 spiro atoms. The zero-order chi connectivity index (χ0) is 13.9. The van der Waals surface area contributed by atoms with Gasteiger partial charge in [-0.2, -0.15) is 0 Å². The van der Waals surface area contributed by atoms with Crippen LogP contribution in [0.3, 0.4) is 0 Å². The van der Waals surface area contributed by atoms with Gasteiger partial charge in [0.1, 0.15) is 5.54 Å². The summed E-state index contributed by atoms with van der Waals surface area (Å²) >= 11 is 1.53. The summed E-state index contributed by atoms with van der Waals surface area (Å²) in [6.07, 6.45) is 0. The molecule has 0 heterocycles. The first kappa shape index (κ1) is 16.3. The van der Waals surface area contributed by atoms with Crippen LogP contribution in [0.5, 0.6) is 0 Å². The topological polar surface area (TPSA) is 57.6 Å². The van der Waals surface area contributed by atoms with Crippen LogP contribution in [0.15, 0.2) is 0 Å². The van der Waals surface area contributed by atoms with Crippen LogP contribution in [0.2, 0.25) is 0 Å². The lowest BCUT2D eigenvalue weighted by Crippen LogP contribution is -2.53. The molecule has 0 bridgehead atoms. The van der Waals surface area contributed by atoms with Crippen LogP contribution in [0.4, 0.5) is 0 Å². The van der Waals surface area contributed by atoms with Crippen LogP contribution in [0.1, 0.15) is 41.5 Å². The first-order valence-corrected chi connectivity index (χ1v) is 6.68. The number of nitrogens with zero attached hydrogens (tertiary/aromatic N) is 1. The van der Waals surface area contributed by atoms with Gasteiger partial charge in [0, 0.05) is 11.3 Å². The SMILES string of the molecule is CCN(C(=O)CSC(C)(C)C)C(C)(C)C(=O)O. The smallest absolute Gasteiger partial charge is 0.329 e. The Hall–Kier alpha value is -0.710. The number of thioether (sulfide) groups is 1. The molecule has 0 aromatic carbocycles.